The number of thiocarbonyl (C=S) groups is 1. The Labute approximate surface area is 235 Å². The number of nitrogens with zero attached hydrogens (tertiary/aromatic N) is 4. The summed E-state index contributed by atoms with van der Waals surface area (Å²) in [5, 5.41) is 4.78. The summed E-state index contributed by atoms with van der Waals surface area (Å²) >= 11 is 7.48. The summed E-state index contributed by atoms with van der Waals surface area (Å²) < 4.78 is 35.3. The van der Waals surface area contributed by atoms with E-state index in [2.05, 4.69) is 31.7 Å². The second kappa shape index (κ2) is 9.95. The fraction of sp³-hybridized carbons (Fsp3) is 0.148. The van der Waals surface area contributed by atoms with E-state index in [9.17, 15) is 8.42 Å². The molecule has 0 bridgehead atoms. The second-order valence-corrected chi connectivity index (χ2v) is 12.2. The third-order valence-corrected chi connectivity index (χ3v) is 8.37. The van der Waals surface area contributed by atoms with Gasteiger partial charge in [0.05, 0.1) is 46.7 Å². The summed E-state index contributed by atoms with van der Waals surface area (Å²) in [6, 6.07) is 22.6. The Kier molecular flexibility index (Phi) is 6.45. The molecule has 0 saturated carbocycles. The van der Waals surface area contributed by atoms with E-state index in [1.807, 2.05) is 59.6 Å². The number of thiazole rings is 1. The van der Waals surface area contributed by atoms with Gasteiger partial charge in [0.25, 0.3) is 0 Å². The zero-order valence-electron chi connectivity index (χ0n) is 21.0. The van der Waals surface area contributed by atoms with Gasteiger partial charge in [-0.05, 0) is 66.8 Å². The van der Waals surface area contributed by atoms with Gasteiger partial charge in [0.1, 0.15) is 11.8 Å². The van der Waals surface area contributed by atoms with Gasteiger partial charge in [0, 0.05) is 18.1 Å². The number of para-hydroxylation sites is 1. The van der Waals surface area contributed by atoms with E-state index in [1.54, 1.807) is 29.7 Å². The SMILES string of the molecule is COc1ccc(N2C(=S)NC(c3ccccn3)C2c2cccn2-c2nc3ccccc3s2)cc1NS(C)(=O)=O. The number of ether oxygens (including phenoxy) is 1. The van der Waals surface area contributed by atoms with Crippen LogP contribution in [0.3, 0.4) is 0 Å². The molecule has 0 aliphatic carbocycles. The largest absolute Gasteiger partial charge is 0.495 e. The van der Waals surface area contributed by atoms with E-state index in [0.717, 1.165) is 33.0 Å². The molecule has 1 aliphatic heterocycles. The Morgan fingerprint density at radius 3 is 2.64 bits per heavy atom. The fourth-order valence-electron chi connectivity index (χ4n) is 4.83. The first-order valence-corrected chi connectivity index (χ1v) is 15.1. The molecule has 0 spiro atoms. The van der Waals surface area contributed by atoms with Gasteiger partial charge in [-0.1, -0.05) is 29.5 Å². The second-order valence-electron chi connectivity index (χ2n) is 9.02. The molecule has 198 valence electrons. The van der Waals surface area contributed by atoms with Gasteiger partial charge in [-0.3, -0.25) is 14.3 Å². The molecule has 6 rings (SSSR count). The lowest BCUT2D eigenvalue weighted by atomic mass is 10.0. The summed E-state index contributed by atoms with van der Waals surface area (Å²) in [6.07, 6.45) is 4.85. The zero-order valence-corrected chi connectivity index (χ0v) is 23.4. The molecule has 39 heavy (non-hydrogen) atoms. The average Bonchev–Trinajstić information content (AvgIpc) is 3.64. The van der Waals surface area contributed by atoms with Crippen LogP contribution < -0.4 is 19.7 Å². The first-order valence-electron chi connectivity index (χ1n) is 12.0. The third kappa shape index (κ3) is 4.82. The molecular weight excluding hydrogens is 553 g/mol. The van der Waals surface area contributed by atoms with Crippen LogP contribution in [-0.2, 0) is 10.0 Å². The van der Waals surface area contributed by atoms with Crippen molar-refractivity contribution in [3.05, 3.63) is 96.6 Å². The quantitative estimate of drug-likeness (QED) is 0.260. The number of benzene rings is 2. The lowest BCUT2D eigenvalue weighted by Crippen LogP contribution is -2.30. The molecule has 2 aromatic carbocycles. The Morgan fingerprint density at radius 1 is 1.08 bits per heavy atom. The molecule has 2 atom stereocenters. The van der Waals surface area contributed by atoms with Crippen molar-refractivity contribution in [2.24, 2.45) is 0 Å². The highest BCUT2D eigenvalue weighted by atomic mass is 32.2. The van der Waals surface area contributed by atoms with Gasteiger partial charge >= 0.3 is 0 Å². The zero-order chi connectivity index (χ0) is 27.1. The average molecular weight is 577 g/mol. The minimum absolute atomic E-state index is 0.282. The number of fused-ring (bicyclic) bond motifs is 1. The highest BCUT2D eigenvalue weighted by Crippen LogP contribution is 2.44. The maximum Gasteiger partial charge on any atom is 0.229 e. The van der Waals surface area contributed by atoms with Crippen molar-refractivity contribution in [1.82, 2.24) is 19.9 Å². The Balaban J connectivity index is 1.51. The molecule has 0 amide bonds. The van der Waals surface area contributed by atoms with Crippen molar-refractivity contribution in [2.45, 2.75) is 12.1 Å². The monoisotopic (exact) mass is 576 g/mol. The smallest absolute Gasteiger partial charge is 0.229 e. The Hall–Kier alpha value is -4.00. The molecule has 4 heterocycles. The molecule has 2 unspecified atom stereocenters. The summed E-state index contributed by atoms with van der Waals surface area (Å²) in [4.78, 5) is 11.5. The maximum absolute atomic E-state index is 12.1. The van der Waals surface area contributed by atoms with Gasteiger partial charge in [-0.2, -0.15) is 0 Å². The summed E-state index contributed by atoms with van der Waals surface area (Å²) in [5.41, 5.74) is 3.72. The van der Waals surface area contributed by atoms with Gasteiger partial charge in [0.15, 0.2) is 10.2 Å². The number of methoxy groups -OCH3 is 1. The van der Waals surface area contributed by atoms with Crippen LogP contribution >= 0.6 is 23.6 Å². The molecule has 9 nitrogen and oxygen atoms in total. The number of rotatable bonds is 7. The number of hydrogen-bond acceptors (Lipinski definition) is 7. The van der Waals surface area contributed by atoms with Crippen molar-refractivity contribution in [3.8, 4) is 10.9 Å². The van der Waals surface area contributed by atoms with Gasteiger partial charge in [0.2, 0.25) is 10.0 Å². The lowest BCUT2D eigenvalue weighted by molar-refractivity contribution is 0.417. The van der Waals surface area contributed by atoms with Crippen molar-refractivity contribution in [3.63, 3.8) is 0 Å². The summed E-state index contributed by atoms with van der Waals surface area (Å²) in [5.74, 6) is 0.401. The molecule has 3 aromatic heterocycles. The molecule has 1 aliphatic rings. The van der Waals surface area contributed by atoms with E-state index in [0.29, 0.717) is 22.2 Å². The van der Waals surface area contributed by atoms with Crippen LogP contribution in [0.5, 0.6) is 5.75 Å². The van der Waals surface area contributed by atoms with E-state index in [1.165, 1.54) is 7.11 Å². The predicted molar refractivity (Wildman–Crippen MR) is 158 cm³/mol. The maximum atomic E-state index is 12.1. The summed E-state index contributed by atoms with van der Waals surface area (Å²) in [6.45, 7) is 0. The highest BCUT2D eigenvalue weighted by molar-refractivity contribution is 7.92. The minimum Gasteiger partial charge on any atom is -0.495 e. The lowest BCUT2D eigenvalue weighted by Gasteiger charge is -2.29. The van der Waals surface area contributed by atoms with Gasteiger partial charge in [-0.25, -0.2) is 13.4 Å². The molecule has 0 radical (unpaired) electrons. The van der Waals surface area contributed by atoms with Crippen LogP contribution in [0, 0.1) is 0 Å². The van der Waals surface area contributed by atoms with Gasteiger partial charge < -0.3 is 15.0 Å². The van der Waals surface area contributed by atoms with Gasteiger partial charge in [-0.15, -0.1) is 0 Å². The third-order valence-electron chi connectivity index (χ3n) is 6.43. The topological polar surface area (TPSA) is 101 Å². The van der Waals surface area contributed by atoms with E-state index >= 15 is 0 Å². The Morgan fingerprint density at radius 2 is 1.90 bits per heavy atom. The van der Waals surface area contributed by atoms with Crippen LogP contribution in [-0.4, -0.2) is 41.4 Å². The Bertz CT molecular complexity index is 1750. The number of hydrogen-bond donors (Lipinski definition) is 2. The number of anilines is 2. The minimum atomic E-state index is -3.55. The summed E-state index contributed by atoms with van der Waals surface area (Å²) in [7, 11) is -2.05. The fourth-order valence-corrected chi connectivity index (χ4v) is 6.71. The molecular formula is C27H24N6O3S3. The van der Waals surface area contributed by atoms with Crippen LogP contribution in [0.1, 0.15) is 23.5 Å². The molecule has 2 N–H and O–H groups in total. The number of sulfonamides is 1. The van der Waals surface area contributed by atoms with Crippen molar-refractivity contribution in [2.75, 3.05) is 23.0 Å². The number of aromatic nitrogens is 3. The van der Waals surface area contributed by atoms with E-state index in [4.69, 9.17) is 21.9 Å². The van der Waals surface area contributed by atoms with Crippen LogP contribution in [0.4, 0.5) is 11.4 Å². The van der Waals surface area contributed by atoms with Crippen molar-refractivity contribution >= 4 is 60.3 Å². The molecule has 12 heteroatoms. The van der Waals surface area contributed by atoms with E-state index < -0.39 is 10.0 Å². The molecule has 5 aromatic rings. The van der Waals surface area contributed by atoms with Crippen molar-refractivity contribution < 1.29 is 13.2 Å². The first kappa shape index (κ1) is 25.3. The van der Waals surface area contributed by atoms with Crippen LogP contribution in [0.2, 0.25) is 0 Å². The number of nitrogens with one attached hydrogen (secondary N) is 2. The number of pyridine rings is 1. The van der Waals surface area contributed by atoms with Crippen LogP contribution in [0.25, 0.3) is 15.3 Å². The standard InChI is InChI=1S/C27H24N6O3S3/c1-36-22-13-12-17(16-20(22)31-39(2,34)35)33-25(24(30-26(33)37)19-9-5-6-14-28-19)21-10-7-15-32(21)27-29-18-8-3-4-11-23(18)38-27/h3-16,24-25,31H,1-2H3,(H,30,37). The normalized spacial score (nSPS) is 17.4. The first-order chi connectivity index (χ1) is 18.8. The van der Waals surface area contributed by atoms with Crippen molar-refractivity contribution in [1.29, 1.82) is 0 Å². The molecule has 1 saturated heterocycles. The molecule has 1 fully saturated rings. The van der Waals surface area contributed by atoms with Crippen LogP contribution in [0.15, 0.2) is 85.2 Å². The highest BCUT2D eigenvalue weighted by Gasteiger charge is 2.42. The predicted octanol–water partition coefficient (Wildman–Crippen LogP) is 5.04. The van der Waals surface area contributed by atoms with E-state index in [-0.39, 0.29) is 12.1 Å².